The Morgan fingerprint density at radius 2 is 1.10 bits per heavy atom. The van der Waals surface area contributed by atoms with Crippen molar-refractivity contribution in [3.8, 4) is 0 Å². The van der Waals surface area contributed by atoms with E-state index in [1.807, 2.05) is 0 Å². The molecule has 0 aromatic carbocycles. The Bertz CT molecular complexity index is 1690. The van der Waals surface area contributed by atoms with E-state index in [1.54, 1.807) is 0 Å². The van der Waals surface area contributed by atoms with Crippen molar-refractivity contribution in [2.24, 2.45) is 0 Å². The van der Waals surface area contributed by atoms with Gasteiger partial charge in [-0.2, -0.15) is 0 Å². The molecule has 5 saturated heterocycles. The highest BCUT2D eigenvalue weighted by molar-refractivity contribution is 5.76. The summed E-state index contributed by atoms with van der Waals surface area (Å²) in [6.07, 6.45) is -43.8. The van der Waals surface area contributed by atoms with Crippen molar-refractivity contribution >= 4 is 17.8 Å². The van der Waals surface area contributed by atoms with Crippen molar-refractivity contribution in [2.45, 2.75) is 179 Å². The third kappa shape index (κ3) is 12.5. The molecule has 5 heterocycles. The first kappa shape index (κ1) is 58.3. The van der Waals surface area contributed by atoms with Crippen LogP contribution in [0, 0.1) is 0 Å². The molecule has 5 fully saturated rings. The molecule has 0 bridgehead atoms. The smallest absolute Gasteiger partial charge is 0.364 e. The van der Waals surface area contributed by atoms with Gasteiger partial charge >= 0.3 is 5.97 Å². The quantitative estimate of drug-likeness (QED) is 0.0538. The van der Waals surface area contributed by atoms with Crippen molar-refractivity contribution in [3.63, 3.8) is 0 Å². The number of hydrogen-bond acceptors (Lipinski definition) is 28. The number of methoxy groups -OCH3 is 2. The number of ether oxygens (including phenoxy) is 11. The molecule has 0 aromatic rings. The van der Waals surface area contributed by atoms with Crippen LogP contribution in [0.3, 0.4) is 0 Å². The van der Waals surface area contributed by atoms with E-state index < -0.39 is 216 Å². The molecule has 0 spiro atoms. The molecule has 0 aromatic heterocycles. The minimum Gasteiger partial charge on any atom is -0.477 e. The van der Waals surface area contributed by atoms with Crippen molar-refractivity contribution in [2.75, 3.05) is 47.3 Å². The maximum atomic E-state index is 13.0. The van der Waals surface area contributed by atoms with Crippen LogP contribution in [-0.2, 0) is 66.5 Å². The number of hydrogen-bond donors (Lipinski definition) is 17. The van der Waals surface area contributed by atoms with Gasteiger partial charge in [-0.15, -0.1) is 0 Å². The highest BCUT2D eigenvalue weighted by Crippen LogP contribution is 2.39. The normalized spacial score (nSPS) is 45.6. The Kier molecular flexibility index (Phi) is 20.9. The van der Waals surface area contributed by atoms with Gasteiger partial charge in [0.05, 0.1) is 45.2 Å². The first-order valence-electron chi connectivity index (χ1n) is 22.0. The van der Waals surface area contributed by atoms with Crippen LogP contribution < -0.4 is 10.6 Å². The molecule has 17 N–H and O–H groups in total. The lowest BCUT2D eigenvalue weighted by Gasteiger charge is -2.51. The Morgan fingerprint density at radius 3 is 1.60 bits per heavy atom. The van der Waals surface area contributed by atoms with Crippen LogP contribution in [0.25, 0.3) is 0 Å². The molecule has 0 aliphatic carbocycles. The third-order valence-corrected chi connectivity index (χ3v) is 12.5. The molecule has 406 valence electrons. The third-order valence-electron chi connectivity index (χ3n) is 12.5. The lowest BCUT2D eigenvalue weighted by molar-refractivity contribution is -0.385. The summed E-state index contributed by atoms with van der Waals surface area (Å²) in [5.74, 6) is -6.72. The first-order chi connectivity index (χ1) is 33.0. The number of carbonyl (C=O) groups is 3. The SMILES string of the molecule is CO[C@@H]1O[C@H](CO[C@@H]2O[C@H](CO)[C@@H](O[C@@H]3O[C@H](CO)[C@H](O)[C@H](OC)[C@H]3O)[C@H](O)[C@H]2O)[C@@H](O[C@@H]2O[C@H](CO)[C@H](O)[C@H](O[C@]3(C(=O)O)C[C@H](O)[C@@H](NC(C)=O)[C@H]([C@H](O)[C@H](O)CO)O3)[C@H]2O)[C@H](O)[C@H]1NC(C)=O. The fourth-order valence-corrected chi connectivity index (χ4v) is 8.89. The maximum Gasteiger partial charge on any atom is 0.364 e. The highest BCUT2D eigenvalue weighted by Gasteiger charge is 2.61. The van der Waals surface area contributed by atoms with Gasteiger partial charge in [0.2, 0.25) is 11.8 Å². The second kappa shape index (κ2) is 25.1. The number of aliphatic carboxylic acids is 1. The summed E-state index contributed by atoms with van der Waals surface area (Å²) in [7, 11) is 2.28. The predicted octanol–water partition coefficient (Wildman–Crippen LogP) is -11.1. The van der Waals surface area contributed by atoms with Crippen LogP contribution in [0.2, 0.25) is 0 Å². The number of carboxylic acid groups (broad SMARTS) is 1. The zero-order valence-corrected chi connectivity index (χ0v) is 38.1. The second-order valence-electron chi connectivity index (χ2n) is 17.3. The van der Waals surface area contributed by atoms with Crippen LogP contribution >= 0.6 is 0 Å². The van der Waals surface area contributed by atoms with Crippen molar-refractivity contribution in [1.29, 1.82) is 0 Å². The standard InChI is InChI=1S/C39H66N2O29/c1-11(46)40-19-13(48)5-39(38(58)59,69-31(19)21(50)14(49)6-42)70-33-23(52)16(8-44)64-37(28(33)57)68-30-18(66-34(61-4)20(24(30)53)41-12(2)47)10-62-35-26(55)25(54)29(17(9-45)65-35)67-36-27(56)32(60-3)22(51)15(7-43)63-36/h13-37,42-45,48-57H,5-10H2,1-4H3,(H,40,46)(H,41,47)(H,58,59)/t13-,14+,15+,16+,17+,18+,19+,20+,21+,22-,23-,24+,25+,26+,27+,28+,29+,30+,31+,32-,33-,34+,35+,36-,37-,39-/m0/s1. The van der Waals surface area contributed by atoms with E-state index >= 15 is 0 Å². The van der Waals surface area contributed by atoms with Gasteiger partial charge < -0.3 is 139 Å². The molecule has 31 heteroatoms. The van der Waals surface area contributed by atoms with E-state index in [0.717, 1.165) is 28.1 Å². The maximum absolute atomic E-state index is 13.0. The number of carbonyl (C=O) groups excluding carboxylic acids is 2. The molecule has 0 radical (unpaired) electrons. The summed E-state index contributed by atoms with van der Waals surface area (Å²) >= 11 is 0. The largest absolute Gasteiger partial charge is 0.477 e. The van der Waals surface area contributed by atoms with E-state index in [-0.39, 0.29) is 0 Å². The van der Waals surface area contributed by atoms with Crippen molar-refractivity contribution < 1.29 is 143 Å². The molecule has 2 amide bonds. The molecular formula is C39H66N2O29. The van der Waals surface area contributed by atoms with Gasteiger partial charge in [-0.1, -0.05) is 0 Å². The Hall–Kier alpha value is -2.59. The van der Waals surface area contributed by atoms with Crippen LogP contribution in [0.1, 0.15) is 20.3 Å². The van der Waals surface area contributed by atoms with E-state index in [4.69, 9.17) is 52.1 Å². The lowest BCUT2D eigenvalue weighted by atomic mass is 9.88. The number of nitrogens with one attached hydrogen (secondary N) is 2. The summed E-state index contributed by atoms with van der Waals surface area (Å²) < 4.78 is 62.1. The van der Waals surface area contributed by atoms with Crippen LogP contribution in [0.5, 0.6) is 0 Å². The Labute approximate surface area is 397 Å². The topological polar surface area (TPSA) is 480 Å². The Balaban J connectivity index is 1.40. The van der Waals surface area contributed by atoms with Gasteiger partial charge in [0, 0.05) is 34.5 Å². The molecule has 70 heavy (non-hydrogen) atoms. The number of rotatable bonds is 20. The molecule has 5 rings (SSSR count). The fraction of sp³-hybridized carbons (Fsp3) is 0.923. The molecule has 31 nitrogen and oxygen atoms in total. The van der Waals surface area contributed by atoms with Crippen molar-refractivity contribution in [3.05, 3.63) is 0 Å². The van der Waals surface area contributed by atoms with Crippen LogP contribution in [0.4, 0.5) is 0 Å². The van der Waals surface area contributed by atoms with E-state index in [1.165, 1.54) is 0 Å². The minimum atomic E-state index is -3.16. The summed E-state index contributed by atoms with van der Waals surface area (Å²) in [5.41, 5.74) is 0. The summed E-state index contributed by atoms with van der Waals surface area (Å²) in [6.45, 7) is -2.59. The van der Waals surface area contributed by atoms with Gasteiger partial charge in [0.15, 0.2) is 25.2 Å². The first-order valence-corrected chi connectivity index (χ1v) is 22.0. The second-order valence-corrected chi connectivity index (χ2v) is 17.3. The predicted molar refractivity (Wildman–Crippen MR) is 216 cm³/mol. The van der Waals surface area contributed by atoms with E-state index in [9.17, 15) is 91.0 Å². The number of aliphatic hydroxyl groups excluding tert-OH is 14. The van der Waals surface area contributed by atoms with Gasteiger partial charge in [-0.3, -0.25) is 9.59 Å². The summed E-state index contributed by atoms with van der Waals surface area (Å²) in [4.78, 5) is 37.3. The van der Waals surface area contributed by atoms with E-state index in [2.05, 4.69) is 10.6 Å². The summed E-state index contributed by atoms with van der Waals surface area (Å²) in [5, 5.41) is 166. The molecule has 5 aliphatic rings. The molecular weight excluding hydrogens is 960 g/mol. The summed E-state index contributed by atoms with van der Waals surface area (Å²) in [6, 6.07) is -3.11. The molecule has 0 saturated carbocycles. The van der Waals surface area contributed by atoms with Gasteiger partial charge in [-0.05, 0) is 0 Å². The van der Waals surface area contributed by atoms with E-state index in [0.29, 0.717) is 0 Å². The zero-order valence-electron chi connectivity index (χ0n) is 38.1. The van der Waals surface area contributed by atoms with Crippen molar-refractivity contribution in [1.82, 2.24) is 10.6 Å². The van der Waals surface area contributed by atoms with Gasteiger partial charge in [0.1, 0.15) is 116 Å². The highest BCUT2D eigenvalue weighted by atomic mass is 16.8. The fourth-order valence-electron chi connectivity index (χ4n) is 8.89. The minimum absolute atomic E-state index is 0.718. The van der Waals surface area contributed by atoms with Gasteiger partial charge in [0.25, 0.3) is 5.79 Å². The average Bonchev–Trinajstić information content (AvgIpc) is 3.32. The number of aliphatic hydroxyl groups is 14. The monoisotopic (exact) mass is 1030 g/mol. The van der Waals surface area contributed by atoms with Crippen LogP contribution in [0.15, 0.2) is 0 Å². The average molecular weight is 1030 g/mol. The molecule has 26 atom stereocenters. The molecule has 5 aliphatic heterocycles. The zero-order chi connectivity index (χ0) is 52.1. The Morgan fingerprint density at radius 1 is 0.600 bits per heavy atom. The number of carboxylic acids is 1. The number of amides is 2. The van der Waals surface area contributed by atoms with Crippen LogP contribution in [-0.4, -0.2) is 301 Å². The van der Waals surface area contributed by atoms with Gasteiger partial charge in [-0.25, -0.2) is 4.79 Å². The lowest BCUT2D eigenvalue weighted by Crippen LogP contribution is -2.71. The molecule has 0 unspecified atom stereocenters.